The minimum atomic E-state index is -0.436. The van der Waals surface area contributed by atoms with Crippen LogP contribution in [-0.4, -0.2) is 25.4 Å². The molecule has 1 heterocycles. The summed E-state index contributed by atoms with van der Waals surface area (Å²) >= 11 is 0. The summed E-state index contributed by atoms with van der Waals surface area (Å²) in [6, 6.07) is 3.13. The molecule has 1 unspecified atom stereocenters. The first-order valence-corrected chi connectivity index (χ1v) is 6.16. The SMILES string of the molecule is CC(C)Oc1cc(NC2CCOC2)c(N)cc1F. The maximum Gasteiger partial charge on any atom is 0.167 e. The average molecular weight is 254 g/mol. The van der Waals surface area contributed by atoms with E-state index < -0.39 is 5.82 Å². The summed E-state index contributed by atoms with van der Waals surface area (Å²) in [7, 11) is 0. The van der Waals surface area contributed by atoms with Gasteiger partial charge in [-0.25, -0.2) is 4.39 Å². The number of ether oxygens (including phenoxy) is 2. The molecule has 0 radical (unpaired) electrons. The van der Waals surface area contributed by atoms with Gasteiger partial charge in [0.05, 0.1) is 30.1 Å². The third-order valence-corrected chi connectivity index (χ3v) is 2.76. The first kappa shape index (κ1) is 13.0. The maximum atomic E-state index is 13.6. The van der Waals surface area contributed by atoms with E-state index in [-0.39, 0.29) is 17.9 Å². The molecule has 1 aliphatic rings. The van der Waals surface area contributed by atoms with Crippen LogP contribution in [0.5, 0.6) is 5.75 Å². The quantitative estimate of drug-likeness (QED) is 0.810. The van der Waals surface area contributed by atoms with Gasteiger partial charge in [-0.1, -0.05) is 0 Å². The van der Waals surface area contributed by atoms with Crippen LogP contribution >= 0.6 is 0 Å². The second-order valence-corrected chi connectivity index (χ2v) is 4.74. The second kappa shape index (κ2) is 5.44. The fourth-order valence-electron chi connectivity index (χ4n) is 1.91. The van der Waals surface area contributed by atoms with Crippen LogP contribution in [0.2, 0.25) is 0 Å². The Morgan fingerprint density at radius 3 is 2.89 bits per heavy atom. The van der Waals surface area contributed by atoms with Crippen molar-refractivity contribution < 1.29 is 13.9 Å². The molecule has 1 atom stereocenters. The minimum absolute atomic E-state index is 0.0780. The van der Waals surface area contributed by atoms with Crippen LogP contribution in [0, 0.1) is 5.82 Å². The number of anilines is 2. The highest BCUT2D eigenvalue weighted by Crippen LogP contribution is 2.30. The summed E-state index contributed by atoms with van der Waals surface area (Å²) in [5.41, 5.74) is 6.88. The zero-order chi connectivity index (χ0) is 13.1. The Bertz CT molecular complexity index is 418. The third kappa shape index (κ3) is 3.04. The molecule has 2 rings (SSSR count). The van der Waals surface area contributed by atoms with Gasteiger partial charge in [-0.2, -0.15) is 0 Å². The lowest BCUT2D eigenvalue weighted by Gasteiger charge is -2.17. The van der Waals surface area contributed by atoms with E-state index in [4.69, 9.17) is 15.2 Å². The Morgan fingerprint density at radius 2 is 2.28 bits per heavy atom. The van der Waals surface area contributed by atoms with Gasteiger partial charge in [0.2, 0.25) is 0 Å². The number of hydrogen-bond acceptors (Lipinski definition) is 4. The van der Waals surface area contributed by atoms with Gasteiger partial charge in [0.1, 0.15) is 0 Å². The lowest BCUT2D eigenvalue weighted by atomic mass is 10.2. The number of hydrogen-bond donors (Lipinski definition) is 2. The molecule has 0 aromatic heterocycles. The van der Waals surface area contributed by atoms with Crippen LogP contribution < -0.4 is 15.8 Å². The molecule has 100 valence electrons. The van der Waals surface area contributed by atoms with Gasteiger partial charge < -0.3 is 20.5 Å². The molecule has 18 heavy (non-hydrogen) atoms. The summed E-state index contributed by atoms with van der Waals surface area (Å²) in [5, 5.41) is 3.25. The topological polar surface area (TPSA) is 56.5 Å². The Kier molecular flexibility index (Phi) is 3.91. The highest BCUT2D eigenvalue weighted by atomic mass is 19.1. The molecule has 1 aliphatic heterocycles. The van der Waals surface area contributed by atoms with Crippen LogP contribution in [0.25, 0.3) is 0 Å². The van der Waals surface area contributed by atoms with Crippen molar-refractivity contribution in [3.05, 3.63) is 17.9 Å². The molecule has 0 bridgehead atoms. The standard InChI is InChI=1S/C13H19FN2O2/c1-8(2)18-13-6-12(11(15)5-10(13)14)16-9-3-4-17-7-9/h5-6,8-9,16H,3-4,7,15H2,1-2H3. The van der Waals surface area contributed by atoms with Crippen molar-refractivity contribution in [2.75, 3.05) is 24.3 Å². The normalized spacial score (nSPS) is 19.2. The minimum Gasteiger partial charge on any atom is -0.488 e. The van der Waals surface area contributed by atoms with Crippen LogP contribution in [0.15, 0.2) is 12.1 Å². The predicted octanol–water partition coefficient (Wildman–Crippen LogP) is 2.40. The number of halogens is 1. The van der Waals surface area contributed by atoms with Crippen LogP contribution in [0.4, 0.5) is 15.8 Å². The molecule has 5 heteroatoms. The van der Waals surface area contributed by atoms with Gasteiger partial charge >= 0.3 is 0 Å². The average Bonchev–Trinajstić information content (AvgIpc) is 2.77. The van der Waals surface area contributed by atoms with Crippen molar-refractivity contribution >= 4 is 11.4 Å². The first-order chi connectivity index (χ1) is 8.56. The fraction of sp³-hybridized carbons (Fsp3) is 0.538. The summed E-state index contributed by atoms with van der Waals surface area (Å²) in [6.07, 6.45) is 0.850. The summed E-state index contributed by atoms with van der Waals surface area (Å²) in [5.74, 6) is -0.213. The molecule has 0 amide bonds. The van der Waals surface area contributed by atoms with E-state index in [1.54, 1.807) is 6.07 Å². The Hall–Kier alpha value is -1.49. The highest BCUT2D eigenvalue weighted by Gasteiger charge is 2.18. The van der Waals surface area contributed by atoms with Gasteiger partial charge in [-0.05, 0) is 20.3 Å². The number of rotatable bonds is 4. The zero-order valence-electron chi connectivity index (χ0n) is 10.7. The van der Waals surface area contributed by atoms with Crippen molar-refractivity contribution in [1.82, 2.24) is 0 Å². The molecule has 1 fully saturated rings. The van der Waals surface area contributed by atoms with Crippen LogP contribution in [0.3, 0.4) is 0 Å². The van der Waals surface area contributed by atoms with Crippen LogP contribution in [0.1, 0.15) is 20.3 Å². The molecular weight excluding hydrogens is 235 g/mol. The van der Waals surface area contributed by atoms with E-state index in [0.29, 0.717) is 18.0 Å². The van der Waals surface area contributed by atoms with Crippen molar-refractivity contribution in [2.45, 2.75) is 32.4 Å². The van der Waals surface area contributed by atoms with Gasteiger partial charge in [-0.15, -0.1) is 0 Å². The van der Waals surface area contributed by atoms with E-state index in [0.717, 1.165) is 13.0 Å². The van der Waals surface area contributed by atoms with E-state index in [9.17, 15) is 4.39 Å². The number of nitrogen functional groups attached to an aromatic ring is 1. The molecule has 3 N–H and O–H groups in total. The Morgan fingerprint density at radius 1 is 1.50 bits per heavy atom. The van der Waals surface area contributed by atoms with E-state index in [1.165, 1.54) is 6.07 Å². The van der Waals surface area contributed by atoms with Crippen molar-refractivity contribution in [2.24, 2.45) is 0 Å². The van der Waals surface area contributed by atoms with E-state index >= 15 is 0 Å². The zero-order valence-corrected chi connectivity index (χ0v) is 10.7. The molecule has 4 nitrogen and oxygen atoms in total. The van der Waals surface area contributed by atoms with Gasteiger partial charge in [0, 0.05) is 18.7 Å². The molecule has 1 aromatic carbocycles. The van der Waals surface area contributed by atoms with Gasteiger partial charge in [-0.3, -0.25) is 0 Å². The largest absolute Gasteiger partial charge is 0.488 e. The number of nitrogens with two attached hydrogens (primary N) is 1. The fourth-order valence-corrected chi connectivity index (χ4v) is 1.91. The predicted molar refractivity (Wildman–Crippen MR) is 69.4 cm³/mol. The smallest absolute Gasteiger partial charge is 0.167 e. The molecule has 1 saturated heterocycles. The molecule has 0 aliphatic carbocycles. The van der Waals surface area contributed by atoms with E-state index in [1.807, 2.05) is 13.8 Å². The molecule has 0 spiro atoms. The second-order valence-electron chi connectivity index (χ2n) is 4.74. The number of nitrogens with one attached hydrogen (secondary N) is 1. The summed E-state index contributed by atoms with van der Waals surface area (Å²) in [6.45, 7) is 5.10. The van der Waals surface area contributed by atoms with Gasteiger partial charge in [0.15, 0.2) is 11.6 Å². The highest BCUT2D eigenvalue weighted by molar-refractivity contribution is 5.69. The van der Waals surface area contributed by atoms with Crippen molar-refractivity contribution in [1.29, 1.82) is 0 Å². The number of benzene rings is 1. The van der Waals surface area contributed by atoms with E-state index in [2.05, 4.69) is 5.32 Å². The summed E-state index contributed by atoms with van der Waals surface area (Å²) < 4.78 is 24.3. The van der Waals surface area contributed by atoms with Crippen molar-refractivity contribution in [3.63, 3.8) is 0 Å². The third-order valence-electron chi connectivity index (χ3n) is 2.76. The molecule has 1 aromatic rings. The maximum absolute atomic E-state index is 13.6. The monoisotopic (exact) mass is 254 g/mol. The van der Waals surface area contributed by atoms with Crippen LogP contribution in [-0.2, 0) is 4.74 Å². The first-order valence-electron chi connectivity index (χ1n) is 6.16. The lowest BCUT2D eigenvalue weighted by molar-refractivity contribution is 0.195. The molecule has 0 saturated carbocycles. The Labute approximate surface area is 106 Å². The van der Waals surface area contributed by atoms with Crippen molar-refractivity contribution in [3.8, 4) is 5.75 Å². The molecular formula is C13H19FN2O2. The Balaban J connectivity index is 2.17. The summed E-state index contributed by atoms with van der Waals surface area (Å²) in [4.78, 5) is 0. The lowest BCUT2D eigenvalue weighted by Crippen LogP contribution is -2.20. The van der Waals surface area contributed by atoms with Gasteiger partial charge in [0.25, 0.3) is 0 Å².